The van der Waals surface area contributed by atoms with Crippen molar-refractivity contribution in [3.8, 4) is 0 Å². The molecule has 0 atom stereocenters. The summed E-state index contributed by atoms with van der Waals surface area (Å²) in [5.41, 5.74) is 0.0906. The molecule has 0 radical (unpaired) electrons. The van der Waals surface area contributed by atoms with Crippen LogP contribution in [0.4, 0.5) is 18.9 Å². The van der Waals surface area contributed by atoms with Gasteiger partial charge in [0.15, 0.2) is 0 Å². The number of alkyl halides is 3. The normalized spacial score (nSPS) is 12.2. The summed E-state index contributed by atoms with van der Waals surface area (Å²) in [6.07, 6.45) is -4.46. The van der Waals surface area contributed by atoms with Crippen LogP contribution in [0.25, 0.3) is 0 Å². The topological polar surface area (TPSA) is 46.2 Å². The first kappa shape index (κ1) is 16.8. The summed E-state index contributed by atoms with van der Waals surface area (Å²) < 4.78 is 64.5. The maximum absolute atomic E-state index is 12.5. The van der Waals surface area contributed by atoms with Crippen LogP contribution in [0.5, 0.6) is 0 Å². The predicted molar refractivity (Wildman–Crippen MR) is 81.1 cm³/mol. The average Bonchev–Trinajstić information content (AvgIpc) is 2.37. The summed E-state index contributed by atoms with van der Waals surface area (Å²) in [4.78, 5) is 0.0120. The van der Waals surface area contributed by atoms with Crippen molar-refractivity contribution in [2.24, 2.45) is 0 Å². The highest BCUT2D eigenvalue weighted by atomic mass is 79.9. The molecular weight excluding hydrogens is 383 g/mol. The van der Waals surface area contributed by atoms with Crippen LogP contribution in [0, 0.1) is 6.92 Å². The van der Waals surface area contributed by atoms with Gasteiger partial charge in [0.05, 0.1) is 5.56 Å². The standard InChI is InChI=1S/C14H11BrF3NO2S/c1-9-2-7-13(12(15)8-9)22(20,21)19-11-5-3-10(4-6-11)14(16,17)18/h2-8,19H,1H3. The Morgan fingerprint density at radius 2 is 1.64 bits per heavy atom. The van der Waals surface area contributed by atoms with Crippen molar-refractivity contribution in [1.29, 1.82) is 0 Å². The Labute approximate surface area is 134 Å². The van der Waals surface area contributed by atoms with E-state index in [1.807, 2.05) is 6.92 Å². The highest BCUT2D eigenvalue weighted by Gasteiger charge is 2.30. The average molecular weight is 394 g/mol. The fraction of sp³-hybridized carbons (Fsp3) is 0.143. The van der Waals surface area contributed by atoms with Crippen molar-refractivity contribution in [1.82, 2.24) is 0 Å². The number of benzene rings is 2. The lowest BCUT2D eigenvalue weighted by atomic mass is 10.2. The zero-order valence-corrected chi connectivity index (χ0v) is 13.7. The summed E-state index contributed by atoms with van der Waals surface area (Å²) in [6, 6.07) is 8.48. The summed E-state index contributed by atoms with van der Waals surface area (Å²) in [5, 5.41) is 0. The van der Waals surface area contributed by atoms with E-state index in [9.17, 15) is 21.6 Å². The van der Waals surface area contributed by atoms with Gasteiger partial charge in [-0.15, -0.1) is 0 Å². The number of hydrogen-bond donors (Lipinski definition) is 1. The molecule has 1 N–H and O–H groups in total. The highest BCUT2D eigenvalue weighted by molar-refractivity contribution is 9.10. The third-order valence-corrected chi connectivity index (χ3v) is 5.20. The molecular formula is C14H11BrF3NO2S. The van der Waals surface area contributed by atoms with Gasteiger partial charge in [-0.25, -0.2) is 8.42 Å². The second kappa shape index (κ2) is 5.92. The lowest BCUT2D eigenvalue weighted by Gasteiger charge is -2.11. The van der Waals surface area contributed by atoms with Gasteiger partial charge in [0.2, 0.25) is 0 Å². The zero-order chi connectivity index (χ0) is 16.5. The van der Waals surface area contributed by atoms with Crippen LogP contribution in [0.2, 0.25) is 0 Å². The monoisotopic (exact) mass is 393 g/mol. The number of nitrogens with one attached hydrogen (secondary N) is 1. The molecule has 0 bridgehead atoms. The van der Waals surface area contributed by atoms with E-state index in [0.717, 1.165) is 29.8 Å². The molecule has 0 spiro atoms. The van der Waals surface area contributed by atoms with Crippen molar-refractivity contribution < 1.29 is 21.6 Å². The zero-order valence-electron chi connectivity index (χ0n) is 11.3. The molecule has 118 valence electrons. The Morgan fingerprint density at radius 3 is 2.14 bits per heavy atom. The smallest absolute Gasteiger partial charge is 0.280 e. The van der Waals surface area contributed by atoms with Crippen molar-refractivity contribution in [3.63, 3.8) is 0 Å². The van der Waals surface area contributed by atoms with E-state index < -0.39 is 21.8 Å². The second-order valence-electron chi connectivity index (χ2n) is 4.61. The summed E-state index contributed by atoms with van der Waals surface area (Å²) >= 11 is 3.17. The van der Waals surface area contributed by atoms with E-state index in [4.69, 9.17) is 0 Å². The Hall–Kier alpha value is -1.54. The molecule has 0 heterocycles. The predicted octanol–water partition coefficient (Wildman–Crippen LogP) is 4.58. The fourth-order valence-corrected chi connectivity index (χ4v) is 4.01. The summed E-state index contributed by atoms with van der Waals surface area (Å²) in [6.45, 7) is 1.81. The Balaban J connectivity index is 2.29. The molecule has 0 aromatic heterocycles. The van der Waals surface area contributed by atoms with Gasteiger partial charge in [-0.3, -0.25) is 4.72 Å². The minimum Gasteiger partial charge on any atom is -0.280 e. The molecule has 0 aliphatic carbocycles. The fourth-order valence-electron chi connectivity index (χ4n) is 1.76. The number of rotatable bonds is 3. The maximum atomic E-state index is 12.5. The Kier molecular flexibility index (Phi) is 4.53. The van der Waals surface area contributed by atoms with Crippen molar-refractivity contribution in [2.45, 2.75) is 18.0 Å². The molecule has 8 heteroatoms. The van der Waals surface area contributed by atoms with E-state index in [0.29, 0.717) is 4.47 Å². The molecule has 0 amide bonds. The quantitative estimate of drug-likeness (QED) is 0.829. The second-order valence-corrected chi connectivity index (χ2v) is 7.12. The van der Waals surface area contributed by atoms with Gasteiger partial charge >= 0.3 is 6.18 Å². The van der Waals surface area contributed by atoms with Gasteiger partial charge in [-0.05, 0) is 64.8 Å². The van der Waals surface area contributed by atoms with Crippen LogP contribution in [0.15, 0.2) is 51.8 Å². The van der Waals surface area contributed by atoms with Crippen LogP contribution in [0.1, 0.15) is 11.1 Å². The number of halogens is 4. The van der Waals surface area contributed by atoms with Gasteiger partial charge in [0.1, 0.15) is 4.90 Å². The number of hydrogen-bond acceptors (Lipinski definition) is 2. The molecule has 3 nitrogen and oxygen atoms in total. The van der Waals surface area contributed by atoms with E-state index in [-0.39, 0.29) is 10.6 Å². The Morgan fingerprint density at radius 1 is 1.05 bits per heavy atom. The largest absolute Gasteiger partial charge is 0.416 e. The third-order valence-electron chi connectivity index (χ3n) is 2.84. The molecule has 2 rings (SSSR count). The summed E-state index contributed by atoms with van der Waals surface area (Å²) in [5.74, 6) is 0. The van der Waals surface area contributed by atoms with Gasteiger partial charge in [0.25, 0.3) is 10.0 Å². The summed E-state index contributed by atoms with van der Waals surface area (Å²) in [7, 11) is -3.89. The van der Waals surface area contributed by atoms with E-state index >= 15 is 0 Å². The van der Waals surface area contributed by atoms with Crippen LogP contribution < -0.4 is 4.72 Å². The SMILES string of the molecule is Cc1ccc(S(=O)(=O)Nc2ccc(C(F)(F)F)cc2)c(Br)c1. The molecule has 0 aliphatic heterocycles. The Bertz CT molecular complexity index is 787. The molecule has 2 aromatic rings. The van der Waals surface area contributed by atoms with Crippen molar-refractivity contribution in [3.05, 3.63) is 58.1 Å². The first-order valence-corrected chi connectivity index (χ1v) is 8.33. The van der Waals surface area contributed by atoms with Crippen LogP contribution in [-0.4, -0.2) is 8.42 Å². The first-order valence-electron chi connectivity index (χ1n) is 6.06. The lowest BCUT2D eigenvalue weighted by Crippen LogP contribution is -2.14. The molecule has 22 heavy (non-hydrogen) atoms. The maximum Gasteiger partial charge on any atom is 0.416 e. The van der Waals surface area contributed by atoms with Gasteiger partial charge in [-0.2, -0.15) is 13.2 Å². The van der Waals surface area contributed by atoms with E-state index in [2.05, 4.69) is 20.7 Å². The molecule has 2 aromatic carbocycles. The van der Waals surface area contributed by atoms with E-state index in [1.165, 1.54) is 6.07 Å². The molecule has 0 unspecified atom stereocenters. The van der Waals surface area contributed by atoms with E-state index in [1.54, 1.807) is 12.1 Å². The molecule has 0 fully saturated rings. The molecule has 0 saturated heterocycles. The lowest BCUT2D eigenvalue weighted by molar-refractivity contribution is -0.137. The number of aryl methyl sites for hydroxylation is 1. The highest BCUT2D eigenvalue weighted by Crippen LogP contribution is 2.30. The molecule has 0 aliphatic rings. The van der Waals surface area contributed by atoms with Gasteiger partial charge in [-0.1, -0.05) is 6.07 Å². The van der Waals surface area contributed by atoms with Crippen LogP contribution >= 0.6 is 15.9 Å². The minimum absolute atomic E-state index is 0.0120. The van der Waals surface area contributed by atoms with Crippen LogP contribution in [-0.2, 0) is 16.2 Å². The van der Waals surface area contributed by atoms with Crippen LogP contribution in [0.3, 0.4) is 0 Å². The molecule has 0 saturated carbocycles. The number of anilines is 1. The number of sulfonamides is 1. The minimum atomic E-state index is -4.46. The van der Waals surface area contributed by atoms with Crippen molar-refractivity contribution in [2.75, 3.05) is 4.72 Å². The third kappa shape index (κ3) is 3.80. The van der Waals surface area contributed by atoms with Gasteiger partial charge in [0, 0.05) is 10.2 Å². The van der Waals surface area contributed by atoms with Gasteiger partial charge < -0.3 is 0 Å². The van der Waals surface area contributed by atoms with Crippen molar-refractivity contribution >= 4 is 31.6 Å². The first-order chi connectivity index (χ1) is 10.1.